The minimum Gasteiger partial charge on any atom is -0.457 e. The summed E-state index contributed by atoms with van der Waals surface area (Å²) >= 11 is 5.88. The van der Waals surface area contributed by atoms with Crippen molar-refractivity contribution < 1.29 is 14.9 Å². The highest BCUT2D eigenvalue weighted by atomic mass is 35.5. The lowest BCUT2D eigenvalue weighted by Gasteiger charge is -2.12. The van der Waals surface area contributed by atoms with Crippen LogP contribution in [0.25, 0.3) is 16.9 Å². The monoisotopic (exact) mass is 408 g/mol. The van der Waals surface area contributed by atoms with Gasteiger partial charge < -0.3 is 19.9 Å². The Morgan fingerprint density at radius 2 is 1.45 bits per heavy atom. The molecule has 3 N–H and O–H groups in total. The van der Waals surface area contributed by atoms with Crippen molar-refractivity contribution in [1.82, 2.24) is 9.55 Å². The zero-order valence-corrected chi connectivity index (χ0v) is 15.9. The predicted molar refractivity (Wildman–Crippen MR) is 111 cm³/mol. The molecule has 3 aromatic carbocycles. The molecule has 0 saturated carbocycles. The Morgan fingerprint density at radius 1 is 0.862 bits per heavy atom. The Balaban J connectivity index is 1.73. The number of aliphatic hydroxyl groups is 2. The van der Waals surface area contributed by atoms with Crippen LogP contribution < -0.4 is 10.4 Å². The predicted octanol–water partition coefficient (Wildman–Crippen LogP) is 4.26. The second-order valence-electron chi connectivity index (χ2n) is 6.32. The first-order valence-corrected chi connectivity index (χ1v) is 9.21. The number of aromatic nitrogens is 2. The van der Waals surface area contributed by atoms with Crippen LogP contribution in [0.4, 0.5) is 0 Å². The van der Waals surface area contributed by atoms with Gasteiger partial charge in [0.25, 0.3) is 0 Å². The van der Waals surface area contributed by atoms with Crippen molar-refractivity contribution in [2.75, 3.05) is 0 Å². The van der Waals surface area contributed by atoms with Crippen molar-refractivity contribution in [3.8, 4) is 28.4 Å². The number of nitrogens with one attached hydrogen (secondary N) is 1. The average molecular weight is 409 g/mol. The van der Waals surface area contributed by atoms with Gasteiger partial charge in [-0.3, -0.25) is 4.57 Å². The summed E-state index contributed by atoms with van der Waals surface area (Å²) in [7, 11) is 0. The minimum absolute atomic E-state index is 0.0303. The molecule has 29 heavy (non-hydrogen) atoms. The molecule has 1 heterocycles. The molecule has 0 spiro atoms. The van der Waals surface area contributed by atoms with Gasteiger partial charge in [0.15, 0.2) is 6.29 Å². The smallest absolute Gasteiger partial charge is 0.330 e. The third-order valence-corrected chi connectivity index (χ3v) is 4.63. The maximum absolute atomic E-state index is 12.6. The molecule has 6 nitrogen and oxygen atoms in total. The first kappa shape index (κ1) is 19.0. The van der Waals surface area contributed by atoms with Crippen molar-refractivity contribution in [3.05, 3.63) is 100 Å². The molecule has 0 amide bonds. The number of rotatable bonds is 5. The molecule has 146 valence electrons. The van der Waals surface area contributed by atoms with E-state index in [1.165, 1.54) is 4.57 Å². The van der Waals surface area contributed by atoms with Gasteiger partial charge in [-0.05, 0) is 48.5 Å². The minimum atomic E-state index is -1.81. The maximum Gasteiger partial charge on any atom is 0.330 e. The van der Waals surface area contributed by atoms with Crippen LogP contribution in [0.3, 0.4) is 0 Å². The van der Waals surface area contributed by atoms with E-state index >= 15 is 0 Å². The third kappa shape index (κ3) is 3.95. The highest BCUT2D eigenvalue weighted by Gasteiger charge is 2.21. The van der Waals surface area contributed by atoms with E-state index in [-0.39, 0.29) is 5.69 Å². The van der Waals surface area contributed by atoms with Gasteiger partial charge in [0.05, 0.1) is 11.4 Å². The summed E-state index contributed by atoms with van der Waals surface area (Å²) in [6, 6.07) is 23.0. The van der Waals surface area contributed by atoms with Crippen LogP contribution in [0, 0.1) is 0 Å². The number of hydrogen-bond acceptors (Lipinski definition) is 4. The van der Waals surface area contributed by atoms with Crippen LogP contribution in [0.2, 0.25) is 5.02 Å². The maximum atomic E-state index is 12.6. The summed E-state index contributed by atoms with van der Waals surface area (Å²) in [6.07, 6.45) is -1.81. The van der Waals surface area contributed by atoms with Gasteiger partial charge in [-0.15, -0.1) is 0 Å². The highest BCUT2D eigenvalue weighted by molar-refractivity contribution is 6.30. The van der Waals surface area contributed by atoms with Gasteiger partial charge in [0.1, 0.15) is 17.2 Å². The Labute approximate surface area is 171 Å². The number of aliphatic hydroxyl groups excluding tert-OH is 1. The third-order valence-electron chi connectivity index (χ3n) is 4.37. The summed E-state index contributed by atoms with van der Waals surface area (Å²) in [6.45, 7) is 0. The first-order chi connectivity index (χ1) is 14.0. The standard InChI is InChI=1S/C22H17ClN2O4/c23-15-6-10-17(11-7-15)29-18-12-8-16(9-13-18)25-20(14-4-2-1-3-5-14)19(21(26)27)24-22(25)28/h1-13,21,26-27H,(H,24,28). The summed E-state index contributed by atoms with van der Waals surface area (Å²) in [5, 5.41) is 20.1. The van der Waals surface area contributed by atoms with Gasteiger partial charge in [-0.25, -0.2) is 4.79 Å². The average Bonchev–Trinajstić information content (AvgIpc) is 3.08. The molecule has 4 aromatic rings. The van der Waals surface area contributed by atoms with E-state index < -0.39 is 12.0 Å². The van der Waals surface area contributed by atoms with Crippen LogP contribution in [-0.2, 0) is 0 Å². The summed E-state index contributed by atoms with van der Waals surface area (Å²) in [5.74, 6) is 1.22. The molecule has 0 atom stereocenters. The zero-order chi connectivity index (χ0) is 20.4. The molecule has 1 aromatic heterocycles. The number of imidazole rings is 1. The SMILES string of the molecule is O=c1[nH]c(C(O)O)c(-c2ccccc2)n1-c1ccc(Oc2ccc(Cl)cc2)cc1. The van der Waals surface area contributed by atoms with Crippen LogP contribution in [-0.4, -0.2) is 19.8 Å². The molecular weight excluding hydrogens is 392 g/mol. The van der Waals surface area contributed by atoms with Gasteiger partial charge in [-0.2, -0.15) is 0 Å². The van der Waals surface area contributed by atoms with Gasteiger partial charge in [0, 0.05) is 10.6 Å². The Hall–Kier alpha value is -3.32. The topological polar surface area (TPSA) is 87.5 Å². The molecule has 0 aliphatic heterocycles. The number of halogens is 1. The molecule has 0 aliphatic rings. The van der Waals surface area contributed by atoms with Crippen molar-refractivity contribution >= 4 is 11.6 Å². The lowest BCUT2D eigenvalue weighted by Crippen LogP contribution is -2.15. The molecule has 7 heteroatoms. The molecule has 0 radical (unpaired) electrons. The molecule has 0 aliphatic carbocycles. The number of hydrogen-bond donors (Lipinski definition) is 3. The van der Waals surface area contributed by atoms with E-state index in [0.29, 0.717) is 33.5 Å². The Kier molecular flexibility index (Phi) is 5.22. The van der Waals surface area contributed by atoms with Crippen LogP contribution >= 0.6 is 11.6 Å². The molecule has 0 unspecified atom stereocenters. The number of ether oxygens (including phenoxy) is 1. The molecule has 4 rings (SSSR count). The largest absolute Gasteiger partial charge is 0.457 e. The van der Waals surface area contributed by atoms with Crippen molar-refractivity contribution in [2.24, 2.45) is 0 Å². The number of aromatic amines is 1. The van der Waals surface area contributed by atoms with Gasteiger partial charge >= 0.3 is 5.69 Å². The van der Waals surface area contributed by atoms with Crippen LogP contribution in [0.15, 0.2) is 83.7 Å². The van der Waals surface area contributed by atoms with E-state index in [9.17, 15) is 15.0 Å². The quantitative estimate of drug-likeness (QED) is 0.430. The second kappa shape index (κ2) is 7.97. The molecular formula is C22H17ClN2O4. The molecule has 0 saturated heterocycles. The van der Waals surface area contributed by atoms with Crippen molar-refractivity contribution in [1.29, 1.82) is 0 Å². The molecule has 0 fully saturated rings. The van der Waals surface area contributed by atoms with Crippen molar-refractivity contribution in [2.45, 2.75) is 6.29 Å². The van der Waals surface area contributed by atoms with Gasteiger partial charge in [-0.1, -0.05) is 41.9 Å². The Morgan fingerprint density at radius 3 is 2.03 bits per heavy atom. The van der Waals surface area contributed by atoms with E-state index in [1.807, 2.05) is 18.2 Å². The molecule has 0 bridgehead atoms. The fourth-order valence-electron chi connectivity index (χ4n) is 3.07. The van der Waals surface area contributed by atoms with Crippen molar-refractivity contribution in [3.63, 3.8) is 0 Å². The second-order valence-corrected chi connectivity index (χ2v) is 6.75. The number of H-pyrrole nitrogens is 1. The first-order valence-electron chi connectivity index (χ1n) is 8.83. The highest BCUT2D eigenvalue weighted by Crippen LogP contribution is 2.29. The summed E-state index contributed by atoms with van der Waals surface area (Å²) < 4.78 is 7.18. The van der Waals surface area contributed by atoms with E-state index in [2.05, 4.69) is 4.98 Å². The van der Waals surface area contributed by atoms with E-state index in [4.69, 9.17) is 16.3 Å². The normalized spacial score (nSPS) is 11.0. The van der Waals surface area contributed by atoms with E-state index in [1.54, 1.807) is 60.7 Å². The zero-order valence-electron chi connectivity index (χ0n) is 15.1. The van der Waals surface area contributed by atoms with Crippen LogP contribution in [0.1, 0.15) is 12.0 Å². The lowest BCUT2D eigenvalue weighted by atomic mass is 10.1. The Bertz CT molecular complexity index is 1160. The number of benzene rings is 3. The fourth-order valence-corrected chi connectivity index (χ4v) is 3.19. The summed E-state index contributed by atoms with van der Waals surface area (Å²) in [4.78, 5) is 15.1. The van der Waals surface area contributed by atoms with Gasteiger partial charge in [0.2, 0.25) is 0 Å². The van der Waals surface area contributed by atoms with Crippen LogP contribution in [0.5, 0.6) is 11.5 Å². The number of nitrogens with zero attached hydrogens (tertiary/aromatic N) is 1. The van der Waals surface area contributed by atoms with E-state index in [0.717, 1.165) is 0 Å². The lowest BCUT2D eigenvalue weighted by molar-refractivity contribution is -0.0451. The summed E-state index contributed by atoms with van der Waals surface area (Å²) in [5.41, 5.74) is 1.17. The fraction of sp³-hybridized carbons (Fsp3) is 0.0455.